The maximum absolute atomic E-state index is 14.1. The number of halogens is 2. The molecule has 0 spiro atoms. The van der Waals surface area contributed by atoms with E-state index in [1.807, 2.05) is 9.80 Å². The van der Waals surface area contributed by atoms with Crippen molar-refractivity contribution >= 4 is 34.9 Å². The van der Waals surface area contributed by atoms with E-state index in [-0.39, 0.29) is 11.9 Å². The van der Waals surface area contributed by atoms with Crippen molar-refractivity contribution in [1.82, 2.24) is 34.7 Å². The van der Waals surface area contributed by atoms with Crippen molar-refractivity contribution in [2.75, 3.05) is 62.3 Å². The van der Waals surface area contributed by atoms with Crippen LogP contribution in [0.25, 0.3) is 17.0 Å². The van der Waals surface area contributed by atoms with E-state index in [1.54, 1.807) is 56.9 Å². The second-order valence-corrected chi connectivity index (χ2v) is 11.1. The van der Waals surface area contributed by atoms with Gasteiger partial charge in [0.2, 0.25) is 23.8 Å². The number of rotatable bonds is 6. The van der Waals surface area contributed by atoms with Crippen LogP contribution in [0, 0.1) is 0 Å². The number of carbonyl (C=O) groups is 2. The van der Waals surface area contributed by atoms with E-state index in [4.69, 9.17) is 14.5 Å². The van der Waals surface area contributed by atoms with Gasteiger partial charge in [0.15, 0.2) is 5.82 Å². The van der Waals surface area contributed by atoms with Crippen LogP contribution in [0.1, 0.15) is 39.9 Å². The Morgan fingerprint density at radius 3 is 2.12 bits per heavy atom. The molecule has 2 aromatic heterocycles. The number of piperazine rings is 1. The first-order chi connectivity index (χ1) is 20.0. The molecule has 0 radical (unpaired) electrons. The van der Waals surface area contributed by atoms with Crippen LogP contribution < -0.4 is 15.1 Å². The molecular weight excluding hydrogens is 552 g/mol. The number of nitrogens with one attached hydrogen (secondary N) is 1. The van der Waals surface area contributed by atoms with Gasteiger partial charge in [0, 0.05) is 39.3 Å². The van der Waals surface area contributed by atoms with Gasteiger partial charge in [-0.25, -0.2) is 18.6 Å². The highest BCUT2D eigenvalue weighted by molar-refractivity contribution is 5.85. The first kappa shape index (κ1) is 29.4. The molecule has 0 unspecified atom stereocenters. The number of para-hydroxylation sites is 2. The van der Waals surface area contributed by atoms with Gasteiger partial charge in [-0.3, -0.25) is 9.36 Å². The Bertz CT molecular complexity index is 1430. The van der Waals surface area contributed by atoms with E-state index in [0.29, 0.717) is 75.4 Å². The SMILES string of the molecule is C[C@H](NC(=O)OC(C)(C)C)C(=O)N1CCN(c2nc(N3CCOCC3)nc(-n3c(C(F)F)nc4ccccc43)n2)CC1. The molecule has 3 aromatic rings. The summed E-state index contributed by atoms with van der Waals surface area (Å²) in [6.07, 6.45) is -3.51. The van der Waals surface area contributed by atoms with Gasteiger partial charge in [-0.1, -0.05) is 12.1 Å². The van der Waals surface area contributed by atoms with E-state index >= 15 is 0 Å². The Labute approximate surface area is 241 Å². The molecule has 0 bridgehead atoms. The van der Waals surface area contributed by atoms with Crippen LogP contribution in [0.15, 0.2) is 24.3 Å². The average Bonchev–Trinajstić information content (AvgIpc) is 3.36. The number of morpholine rings is 1. The summed E-state index contributed by atoms with van der Waals surface area (Å²) in [5.74, 6) is 0.0103. The molecule has 2 aliphatic heterocycles. The standard InChI is InChI=1S/C27H35F2N9O4/c1-17(30-26(40)42-27(2,3)4)22(39)35-9-11-36(12-10-35)23-32-24(37-13-15-41-16-14-37)34-25(33-23)38-19-8-6-5-7-18(19)31-21(38)20(28)29/h5-8,17,20H,9-16H2,1-4H3,(H,30,40)/t17-/m0/s1. The zero-order valence-corrected chi connectivity index (χ0v) is 24.1. The lowest BCUT2D eigenvalue weighted by Crippen LogP contribution is -2.55. The summed E-state index contributed by atoms with van der Waals surface area (Å²) in [4.78, 5) is 48.7. The third kappa shape index (κ3) is 6.50. The van der Waals surface area contributed by atoms with Gasteiger partial charge in [-0.05, 0) is 39.8 Å². The molecule has 13 nitrogen and oxygen atoms in total. The maximum atomic E-state index is 14.1. The van der Waals surface area contributed by atoms with Crippen LogP contribution in [0.5, 0.6) is 0 Å². The number of carbonyl (C=O) groups excluding carboxylic acids is 2. The molecule has 5 rings (SSSR count). The number of amides is 2. The number of aromatic nitrogens is 5. The van der Waals surface area contributed by atoms with Crippen molar-refractivity contribution in [2.45, 2.75) is 45.8 Å². The Balaban J connectivity index is 1.39. The smallest absolute Gasteiger partial charge is 0.408 e. The Morgan fingerprint density at radius 2 is 1.50 bits per heavy atom. The van der Waals surface area contributed by atoms with Gasteiger partial charge in [-0.2, -0.15) is 15.0 Å². The second kappa shape index (κ2) is 12.0. The lowest BCUT2D eigenvalue weighted by molar-refractivity contribution is -0.133. The number of anilines is 2. The maximum Gasteiger partial charge on any atom is 0.408 e. The fourth-order valence-electron chi connectivity index (χ4n) is 4.84. The van der Waals surface area contributed by atoms with Gasteiger partial charge in [0.05, 0.1) is 24.2 Å². The minimum absolute atomic E-state index is 0.0409. The summed E-state index contributed by atoms with van der Waals surface area (Å²) in [5, 5.41) is 2.59. The molecule has 0 saturated carbocycles. The van der Waals surface area contributed by atoms with Crippen molar-refractivity contribution in [3.8, 4) is 5.95 Å². The zero-order chi connectivity index (χ0) is 30.0. The van der Waals surface area contributed by atoms with Crippen molar-refractivity contribution in [2.24, 2.45) is 0 Å². The first-order valence-corrected chi connectivity index (χ1v) is 13.9. The fraction of sp³-hybridized carbons (Fsp3) is 0.556. The van der Waals surface area contributed by atoms with Gasteiger partial charge < -0.3 is 29.5 Å². The topological polar surface area (TPSA) is 131 Å². The lowest BCUT2D eigenvalue weighted by Gasteiger charge is -2.36. The molecule has 1 atom stereocenters. The highest BCUT2D eigenvalue weighted by Crippen LogP contribution is 2.28. The quantitative estimate of drug-likeness (QED) is 0.459. The predicted molar refractivity (Wildman–Crippen MR) is 150 cm³/mol. The molecule has 42 heavy (non-hydrogen) atoms. The van der Waals surface area contributed by atoms with Gasteiger partial charge in [-0.15, -0.1) is 0 Å². The third-order valence-electron chi connectivity index (χ3n) is 6.85. The summed E-state index contributed by atoms with van der Waals surface area (Å²) in [5.41, 5.74) is 0.185. The summed E-state index contributed by atoms with van der Waals surface area (Å²) in [6.45, 7) is 10.4. The number of nitrogens with zero attached hydrogens (tertiary/aromatic N) is 8. The number of imidazole rings is 1. The van der Waals surface area contributed by atoms with Crippen molar-refractivity contribution < 1.29 is 27.8 Å². The average molecular weight is 588 g/mol. The van der Waals surface area contributed by atoms with Crippen LogP contribution in [0.4, 0.5) is 25.5 Å². The Morgan fingerprint density at radius 1 is 0.905 bits per heavy atom. The molecule has 15 heteroatoms. The van der Waals surface area contributed by atoms with E-state index < -0.39 is 30.0 Å². The Kier molecular flexibility index (Phi) is 8.38. The minimum atomic E-state index is -2.85. The predicted octanol–water partition coefficient (Wildman–Crippen LogP) is 2.55. The van der Waals surface area contributed by atoms with Crippen LogP contribution in [0.3, 0.4) is 0 Å². The molecule has 2 aliphatic rings. The summed E-state index contributed by atoms with van der Waals surface area (Å²) in [7, 11) is 0. The van der Waals surface area contributed by atoms with Crippen molar-refractivity contribution in [3.63, 3.8) is 0 Å². The van der Waals surface area contributed by atoms with E-state index in [0.717, 1.165) is 0 Å². The van der Waals surface area contributed by atoms with Gasteiger partial charge >= 0.3 is 6.09 Å². The molecule has 4 heterocycles. The number of hydrogen-bond donors (Lipinski definition) is 1. The lowest BCUT2D eigenvalue weighted by atomic mass is 10.2. The highest BCUT2D eigenvalue weighted by atomic mass is 19.3. The number of alkyl carbamates (subject to hydrolysis) is 1. The van der Waals surface area contributed by atoms with Gasteiger partial charge in [0.1, 0.15) is 11.6 Å². The molecular formula is C27H35F2N9O4. The van der Waals surface area contributed by atoms with Crippen LogP contribution in [0.2, 0.25) is 0 Å². The number of ether oxygens (including phenoxy) is 2. The van der Waals surface area contributed by atoms with E-state index in [9.17, 15) is 18.4 Å². The monoisotopic (exact) mass is 587 g/mol. The highest BCUT2D eigenvalue weighted by Gasteiger charge is 2.30. The molecule has 2 saturated heterocycles. The fourth-order valence-corrected chi connectivity index (χ4v) is 4.84. The first-order valence-electron chi connectivity index (χ1n) is 13.9. The van der Waals surface area contributed by atoms with Crippen LogP contribution in [-0.4, -0.2) is 106 Å². The number of fused-ring (bicyclic) bond motifs is 1. The second-order valence-electron chi connectivity index (χ2n) is 11.1. The molecule has 1 aromatic carbocycles. The van der Waals surface area contributed by atoms with Crippen LogP contribution in [-0.2, 0) is 14.3 Å². The summed E-state index contributed by atoms with van der Waals surface area (Å²) < 4.78 is 40.3. The van der Waals surface area contributed by atoms with E-state index in [1.165, 1.54) is 4.57 Å². The normalized spacial score (nSPS) is 17.1. The van der Waals surface area contributed by atoms with Crippen LogP contribution >= 0.6 is 0 Å². The molecule has 0 aliphatic carbocycles. The molecule has 2 fully saturated rings. The third-order valence-corrected chi connectivity index (χ3v) is 6.85. The van der Waals surface area contributed by atoms with Gasteiger partial charge in [0.25, 0.3) is 6.43 Å². The molecule has 226 valence electrons. The largest absolute Gasteiger partial charge is 0.444 e. The Hall–Kier alpha value is -4.14. The van der Waals surface area contributed by atoms with Crippen molar-refractivity contribution in [3.05, 3.63) is 30.1 Å². The number of hydrogen-bond acceptors (Lipinski definition) is 10. The summed E-state index contributed by atoms with van der Waals surface area (Å²) in [6, 6.07) is 6.07. The number of benzene rings is 1. The van der Waals surface area contributed by atoms with E-state index in [2.05, 4.69) is 20.3 Å². The minimum Gasteiger partial charge on any atom is -0.444 e. The van der Waals surface area contributed by atoms with Crippen molar-refractivity contribution in [1.29, 1.82) is 0 Å². The number of alkyl halides is 2. The summed E-state index contributed by atoms with van der Waals surface area (Å²) >= 11 is 0. The zero-order valence-electron chi connectivity index (χ0n) is 24.1. The molecule has 1 N–H and O–H groups in total. The molecule has 2 amide bonds.